The van der Waals surface area contributed by atoms with Gasteiger partial charge in [-0.1, -0.05) is 90.6 Å². The molecule has 2 amide bonds. The van der Waals surface area contributed by atoms with Crippen LogP contribution in [0.3, 0.4) is 0 Å². The standard InChI is InChI=1S/C29H32Cl3N3O4S/c1-3-4-13-33-29(37)27(15-21-9-6-5-7-10-21)34(19-22-11-8-12-23(30)14-22)28(36)20-35(40(2,38)39)26-17-24(31)16-25(32)18-26/h5-12,14,16-18,27H,3-4,13,15,19-20H2,1-2H3,(H,33,37)/t27-/m1/s1. The molecule has 11 heteroatoms. The van der Waals surface area contributed by atoms with Crippen molar-refractivity contribution in [3.63, 3.8) is 0 Å². The van der Waals surface area contributed by atoms with E-state index in [2.05, 4.69) is 5.32 Å². The predicted octanol–water partition coefficient (Wildman–Crippen LogP) is 5.97. The van der Waals surface area contributed by atoms with Gasteiger partial charge in [-0.05, 0) is 47.9 Å². The van der Waals surface area contributed by atoms with Crippen molar-refractivity contribution in [1.82, 2.24) is 10.2 Å². The first-order valence-electron chi connectivity index (χ1n) is 12.8. The quantitative estimate of drug-likeness (QED) is 0.238. The van der Waals surface area contributed by atoms with Crippen molar-refractivity contribution < 1.29 is 18.0 Å². The minimum atomic E-state index is -3.94. The first-order chi connectivity index (χ1) is 19.0. The molecule has 1 N–H and O–H groups in total. The maximum Gasteiger partial charge on any atom is 0.244 e. The summed E-state index contributed by atoms with van der Waals surface area (Å²) in [4.78, 5) is 29.0. The summed E-state index contributed by atoms with van der Waals surface area (Å²) in [6.45, 7) is 1.94. The molecule has 1 atom stereocenters. The first-order valence-corrected chi connectivity index (χ1v) is 15.8. The lowest BCUT2D eigenvalue weighted by molar-refractivity contribution is -0.140. The van der Waals surface area contributed by atoms with E-state index >= 15 is 0 Å². The highest BCUT2D eigenvalue weighted by molar-refractivity contribution is 7.92. The lowest BCUT2D eigenvalue weighted by atomic mass is 10.0. The number of halogens is 3. The van der Waals surface area contributed by atoms with Gasteiger partial charge in [-0.25, -0.2) is 8.42 Å². The average molecular weight is 625 g/mol. The van der Waals surface area contributed by atoms with Crippen molar-refractivity contribution in [3.8, 4) is 0 Å². The normalized spacial score (nSPS) is 12.0. The van der Waals surface area contributed by atoms with E-state index in [1.165, 1.54) is 23.1 Å². The van der Waals surface area contributed by atoms with Gasteiger partial charge in [0.05, 0.1) is 11.9 Å². The molecular formula is C29H32Cl3N3O4S. The SMILES string of the molecule is CCCCNC(=O)[C@@H](Cc1ccccc1)N(Cc1cccc(Cl)c1)C(=O)CN(c1cc(Cl)cc(Cl)c1)S(C)(=O)=O. The molecule has 0 aliphatic carbocycles. The Balaban J connectivity index is 2.05. The second kappa shape index (κ2) is 14.7. The number of anilines is 1. The van der Waals surface area contributed by atoms with Crippen LogP contribution >= 0.6 is 34.8 Å². The van der Waals surface area contributed by atoms with Gasteiger partial charge in [-0.3, -0.25) is 13.9 Å². The zero-order valence-corrected chi connectivity index (χ0v) is 25.4. The first kappa shape index (κ1) is 31.7. The lowest BCUT2D eigenvalue weighted by Gasteiger charge is -2.33. The molecule has 0 aromatic heterocycles. The summed E-state index contributed by atoms with van der Waals surface area (Å²) in [5.41, 5.74) is 1.68. The monoisotopic (exact) mass is 623 g/mol. The minimum Gasteiger partial charge on any atom is -0.354 e. The summed E-state index contributed by atoms with van der Waals surface area (Å²) in [5.74, 6) is -0.905. The van der Waals surface area contributed by atoms with Crippen LogP contribution in [0.5, 0.6) is 0 Å². The molecule has 7 nitrogen and oxygen atoms in total. The summed E-state index contributed by atoms with van der Waals surface area (Å²) < 4.78 is 26.7. The van der Waals surface area contributed by atoms with Crippen molar-refractivity contribution in [1.29, 1.82) is 0 Å². The Morgan fingerprint density at radius 3 is 2.12 bits per heavy atom. The third kappa shape index (κ3) is 9.41. The van der Waals surface area contributed by atoms with Gasteiger partial charge in [0.2, 0.25) is 21.8 Å². The van der Waals surface area contributed by atoms with E-state index in [9.17, 15) is 18.0 Å². The van der Waals surface area contributed by atoms with Crippen molar-refractivity contribution in [2.24, 2.45) is 0 Å². The van der Waals surface area contributed by atoms with E-state index < -0.39 is 28.5 Å². The van der Waals surface area contributed by atoms with Gasteiger partial charge in [-0.15, -0.1) is 0 Å². The molecule has 3 rings (SSSR count). The minimum absolute atomic E-state index is 0.0337. The van der Waals surface area contributed by atoms with Gasteiger partial charge in [-0.2, -0.15) is 0 Å². The second-order valence-electron chi connectivity index (χ2n) is 9.40. The fraction of sp³-hybridized carbons (Fsp3) is 0.310. The Morgan fingerprint density at radius 1 is 0.875 bits per heavy atom. The van der Waals surface area contributed by atoms with E-state index in [0.29, 0.717) is 17.1 Å². The van der Waals surface area contributed by atoms with Gasteiger partial charge in [0, 0.05) is 34.6 Å². The number of carbonyl (C=O) groups excluding carboxylic acids is 2. The van der Waals surface area contributed by atoms with E-state index in [1.807, 2.05) is 37.3 Å². The number of unbranched alkanes of at least 4 members (excludes halogenated alkanes) is 1. The van der Waals surface area contributed by atoms with Crippen molar-refractivity contribution >= 4 is 62.3 Å². The summed E-state index contributed by atoms with van der Waals surface area (Å²) in [6.07, 6.45) is 2.89. The molecule has 40 heavy (non-hydrogen) atoms. The molecule has 214 valence electrons. The van der Waals surface area contributed by atoms with Crippen LogP contribution in [0.4, 0.5) is 5.69 Å². The molecule has 0 saturated carbocycles. The zero-order valence-electron chi connectivity index (χ0n) is 22.3. The Labute approximate surface area is 251 Å². The summed E-state index contributed by atoms with van der Waals surface area (Å²) in [6, 6.07) is 19.7. The Hall–Kier alpha value is -2.78. The van der Waals surface area contributed by atoms with Crippen LogP contribution in [0.1, 0.15) is 30.9 Å². The molecule has 0 fully saturated rings. The number of benzene rings is 3. The largest absolute Gasteiger partial charge is 0.354 e. The third-order valence-corrected chi connectivity index (χ3v) is 7.97. The van der Waals surface area contributed by atoms with Gasteiger partial charge in [0.25, 0.3) is 0 Å². The fourth-order valence-corrected chi connectivity index (χ4v) is 5.75. The highest BCUT2D eigenvalue weighted by Gasteiger charge is 2.33. The average Bonchev–Trinajstić information content (AvgIpc) is 2.88. The van der Waals surface area contributed by atoms with Crippen LogP contribution in [-0.4, -0.2) is 50.5 Å². The molecule has 0 bridgehead atoms. The molecule has 0 radical (unpaired) electrons. The van der Waals surface area contributed by atoms with Crippen molar-refractivity contribution in [2.75, 3.05) is 23.7 Å². The van der Waals surface area contributed by atoms with Crippen molar-refractivity contribution in [2.45, 2.75) is 38.8 Å². The lowest BCUT2D eigenvalue weighted by Crippen LogP contribution is -2.53. The molecule has 3 aromatic carbocycles. The summed E-state index contributed by atoms with van der Waals surface area (Å²) in [5, 5.41) is 3.85. The van der Waals surface area contributed by atoms with Gasteiger partial charge in [0.15, 0.2) is 0 Å². The molecular weight excluding hydrogens is 593 g/mol. The predicted molar refractivity (Wildman–Crippen MR) is 163 cm³/mol. The van der Waals surface area contributed by atoms with E-state index in [-0.39, 0.29) is 34.6 Å². The van der Waals surface area contributed by atoms with Gasteiger partial charge >= 0.3 is 0 Å². The van der Waals surface area contributed by atoms with E-state index in [1.54, 1.807) is 24.3 Å². The van der Waals surface area contributed by atoms with Crippen LogP contribution in [0, 0.1) is 0 Å². The second-order valence-corrected chi connectivity index (χ2v) is 12.6. The summed E-state index contributed by atoms with van der Waals surface area (Å²) in [7, 11) is -3.94. The smallest absolute Gasteiger partial charge is 0.244 e. The fourth-order valence-electron chi connectivity index (χ4n) is 4.19. The maximum absolute atomic E-state index is 14.0. The number of nitrogens with one attached hydrogen (secondary N) is 1. The molecule has 0 aliphatic rings. The molecule has 0 spiro atoms. The molecule has 0 aliphatic heterocycles. The van der Waals surface area contributed by atoms with Crippen LogP contribution in [0.2, 0.25) is 15.1 Å². The highest BCUT2D eigenvalue weighted by atomic mass is 35.5. The number of hydrogen-bond acceptors (Lipinski definition) is 4. The van der Waals surface area contributed by atoms with E-state index in [4.69, 9.17) is 34.8 Å². The molecule has 0 unspecified atom stereocenters. The van der Waals surface area contributed by atoms with Crippen LogP contribution < -0.4 is 9.62 Å². The number of hydrogen-bond donors (Lipinski definition) is 1. The Morgan fingerprint density at radius 2 is 1.52 bits per heavy atom. The van der Waals surface area contributed by atoms with E-state index in [0.717, 1.165) is 29.0 Å². The number of sulfonamides is 1. The molecule has 3 aromatic rings. The number of rotatable bonds is 13. The summed E-state index contributed by atoms with van der Waals surface area (Å²) >= 11 is 18.5. The zero-order chi connectivity index (χ0) is 29.3. The molecule has 0 saturated heterocycles. The van der Waals surface area contributed by atoms with Crippen LogP contribution in [0.15, 0.2) is 72.8 Å². The maximum atomic E-state index is 14.0. The Bertz CT molecular complexity index is 1400. The van der Waals surface area contributed by atoms with Crippen molar-refractivity contribution in [3.05, 3.63) is 99.0 Å². The van der Waals surface area contributed by atoms with Gasteiger partial charge < -0.3 is 10.2 Å². The third-order valence-electron chi connectivity index (χ3n) is 6.16. The number of amides is 2. The van der Waals surface area contributed by atoms with Crippen LogP contribution in [-0.2, 0) is 32.6 Å². The number of nitrogens with zero attached hydrogens (tertiary/aromatic N) is 2. The highest BCUT2D eigenvalue weighted by Crippen LogP contribution is 2.27. The molecule has 0 heterocycles. The van der Waals surface area contributed by atoms with Gasteiger partial charge in [0.1, 0.15) is 12.6 Å². The number of carbonyl (C=O) groups is 2. The van der Waals surface area contributed by atoms with Crippen LogP contribution in [0.25, 0.3) is 0 Å². The topological polar surface area (TPSA) is 86.8 Å². The Kier molecular flexibility index (Phi) is 11.7.